The molecule has 2 nitrogen and oxygen atoms in total. The van der Waals surface area contributed by atoms with E-state index in [1.54, 1.807) is 23.3 Å². The molecule has 0 spiro atoms. The monoisotopic (exact) mass is 266 g/mol. The molecule has 0 aliphatic heterocycles. The van der Waals surface area contributed by atoms with Crippen molar-refractivity contribution in [3.05, 3.63) is 24.3 Å². The molecule has 0 amide bonds. The van der Waals surface area contributed by atoms with Crippen molar-refractivity contribution in [1.82, 2.24) is 9.29 Å². The Kier molecular flexibility index (Phi) is 3.76. The molecule has 17 heavy (non-hydrogen) atoms. The van der Waals surface area contributed by atoms with Crippen molar-refractivity contribution in [3.8, 4) is 0 Å². The highest BCUT2D eigenvalue weighted by molar-refractivity contribution is 7.98. The van der Waals surface area contributed by atoms with Gasteiger partial charge in [-0.1, -0.05) is 19.1 Å². The van der Waals surface area contributed by atoms with Crippen LogP contribution in [0.2, 0.25) is 0 Å². The molecule has 0 saturated heterocycles. The summed E-state index contributed by atoms with van der Waals surface area (Å²) >= 11 is 3.50. The third kappa shape index (κ3) is 2.81. The molecule has 0 saturated carbocycles. The third-order valence-electron chi connectivity index (χ3n) is 3.21. The molecule has 0 aliphatic rings. The minimum absolute atomic E-state index is 0.197. The second-order valence-electron chi connectivity index (χ2n) is 4.70. The zero-order valence-electron chi connectivity index (χ0n) is 10.7. The van der Waals surface area contributed by atoms with Crippen LogP contribution in [0.15, 0.2) is 28.6 Å². The smallest absolute Gasteiger partial charge is 0.166 e. The zero-order valence-corrected chi connectivity index (χ0v) is 12.4. The number of nitrogens with zero attached hydrogens (tertiary/aromatic N) is 2. The fourth-order valence-corrected chi connectivity index (χ4v) is 3.55. The molecule has 0 radical (unpaired) electrons. The highest BCUT2D eigenvalue weighted by atomic mass is 32.2. The summed E-state index contributed by atoms with van der Waals surface area (Å²) in [4.78, 5) is 4.64. The molecule has 0 unspecified atom stereocenters. The highest BCUT2D eigenvalue weighted by Crippen LogP contribution is 2.34. The van der Waals surface area contributed by atoms with Crippen LogP contribution in [0.4, 0.5) is 0 Å². The van der Waals surface area contributed by atoms with Gasteiger partial charge in [-0.25, -0.2) is 9.29 Å². The lowest BCUT2D eigenvalue weighted by Gasteiger charge is -2.32. The Morgan fingerprint density at radius 1 is 1.35 bits per heavy atom. The number of thiazole rings is 1. The molecule has 1 aromatic carbocycles. The Bertz CT molecular complexity index is 472. The van der Waals surface area contributed by atoms with Gasteiger partial charge in [0.05, 0.1) is 10.2 Å². The summed E-state index contributed by atoms with van der Waals surface area (Å²) < 4.78 is 4.68. The normalized spacial score (nSPS) is 12.5. The van der Waals surface area contributed by atoms with E-state index in [2.05, 4.69) is 55.3 Å². The van der Waals surface area contributed by atoms with E-state index in [4.69, 9.17) is 0 Å². The lowest BCUT2D eigenvalue weighted by Crippen LogP contribution is -2.35. The Morgan fingerprint density at radius 3 is 2.71 bits per heavy atom. The molecule has 0 fully saturated rings. The molecule has 0 bridgehead atoms. The first-order valence-electron chi connectivity index (χ1n) is 5.80. The first-order valence-corrected chi connectivity index (χ1v) is 7.39. The molecule has 1 aromatic heterocycles. The van der Waals surface area contributed by atoms with Gasteiger partial charge in [-0.15, -0.1) is 11.3 Å². The average molecular weight is 266 g/mol. The maximum absolute atomic E-state index is 4.64. The number of para-hydroxylation sites is 1. The van der Waals surface area contributed by atoms with E-state index in [0.29, 0.717) is 0 Å². The van der Waals surface area contributed by atoms with E-state index in [1.807, 2.05) is 6.07 Å². The van der Waals surface area contributed by atoms with Crippen molar-refractivity contribution >= 4 is 33.5 Å². The first kappa shape index (κ1) is 12.9. The molecule has 2 rings (SSSR count). The summed E-state index contributed by atoms with van der Waals surface area (Å²) in [6, 6.07) is 8.30. The van der Waals surface area contributed by atoms with E-state index >= 15 is 0 Å². The van der Waals surface area contributed by atoms with E-state index in [1.165, 1.54) is 4.70 Å². The molecular formula is C13H18N2S2. The standard InChI is InChI=1S/C13H18N2S2/c1-5-13(2,3)15(4)17-12-14-10-8-6-7-9-11(10)16-12/h6-9H,5H2,1-4H3. The lowest BCUT2D eigenvalue weighted by atomic mass is 10.0. The number of aromatic nitrogens is 1. The van der Waals surface area contributed by atoms with Crippen molar-refractivity contribution in [2.75, 3.05) is 7.05 Å². The number of rotatable bonds is 4. The Balaban J connectivity index is 2.18. The van der Waals surface area contributed by atoms with Crippen molar-refractivity contribution < 1.29 is 0 Å². The Labute approximate surface area is 111 Å². The van der Waals surface area contributed by atoms with Crippen molar-refractivity contribution in [2.24, 2.45) is 0 Å². The maximum Gasteiger partial charge on any atom is 0.166 e. The highest BCUT2D eigenvalue weighted by Gasteiger charge is 2.23. The van der Waals surface area contributed by atoms with Gasteiger partial charge < -0.3 is 0 Å². The summed E-state index contributed by atoms with van der Waals surface area (Å²) in [5.41, 5.74) is 1.30. The van der Waals surface area contributed by atoms with E-state index in [9.17, 15) is 0 Å². The molecule has 1 heterocycles. The fourth-order valence-electron chi connectivity index (χ4n) is 1.35. The number of hydrogen-bond donors (Lipinski definition) is 0. The van der Waals surface area contributed by atoms with Crippen LogP contribution < -0.4 is 0 Å². The molecule has 92 valence electrons. The third-order valence-corrected chi connectivity index (χ3v) is 5.53. The quantitative estimate of drug-likeness (QED) is 0.762. The molecule has 0 aliphatic carbocycles. The van der Waals surface area contributed by atoms with Crippen LogP contribution in [0.1, 0.15) is 27.2 Å². The van der Waals surface area contributed by atoms with Gasteiger partial charge in [0.1, 0.15) is 0 Å². The van der Waals surface area contributed by atoms with Gasteiger partial charge in [0.15, 0.2) is 4.34 Å². The van der Waals surface area contributed by atoms with Crippen molar-refractivity contribution in [2.45, 2.75) is 37.1 Å². The van der Waals surface area contributed by atoms with Crippen LogP contribution in [0.25, 0.3) is 10.2 Å². The SMILES string of the molecule is CCC(C)(C)N(C)Sc1nc2ccccc2s1. The summed E-state index contributed by atoms with van der Waals surface area (Å²) in [6.45, 7) is 6.73. The summed E-state index contributed by atoms with van der Waals surface area (Å²) in [6.07, 6.45) is 1.13. The van der Waals surface area contributed by atoms with E-state index in [-0.39, 0.29) is 5.54 Å². The van der Waals surface area contributed by atoms with E-state index < -0.39 is 0 Å². The van der Waals surface area contributed by atoms with Gasteiger partial charge >= 0.3 is 0 Å². The minimum atomic E-state index is 0.197. The van der Waals surface area contributed by atoms with Gasteiger partial charge in [-0.05, 0) is 51.4 Å². The molecule has 0 atom stereocenters. The number of benzene rings is 1. The Hall–Kier alpha value is -0.580. The predicted octanol–water partition coefficient (Wildman–Crippen LogP) is 4.42. The Morgan fingerprint density at radius 2 is 2.06 bits per heavy atom. The van der Waals surface area contributed by atoms with Crippen LogP contribution in [-0.2, 0) is 0 Å². The summed E-state index contributed by atoms with van der Waals surface area (Å²) in [5.74, 6) is 0. The summed E-state index contributed by atoms with van der Waals surface area (Å²) in [5, 5.41) is 0. The second-order valence-corrected chi connectivity index (χ2v) is 7.11. The number of hydrogen-bond acceptors (Lipinski definition) is 4. The minimum Gasteiger partial charge on any atom is -0.242 e. The first-order chi connectivity index (χ1) is 8.03. The van der Waals surface area contributed by atoms with Crippen molar-refractivity contribution in [1.29, 1.82) is 0 Å². The predicted molar refractivity (Wildman–Crippen MR) is 77.6 cm³/mol. The largest absolute Gasteiger partial charge is 0.242 e. The topological polar surface area (TPSA) is 16.1 Å². The van der Waals surface area contributed by atoms with Crippen LogP contribution in [0, 0.1) is 0 Å². The van der Waals surface area contributed by atoms with Gasteiger partial charge in [0, 0.05) is 5.54 Å². The van der Waals surface area contributed by atoms with Crippen LogP contribution in [-0.4, -0.2) is 21.9 Å². The molecule has 0 N–H and O–H groups in total. The van der Waals surface area contributed by atoms with Gasteiger partial charge in [0.25, 0.3) is 0 Å². The van der Waals surface area contributed by atoms with Gasteiger partial charge in [-0.3, -0.25) is 0 Å². The van der Waals surface area contributed by atoms with Crippen molar-refractivity contribution in [3.63, 3.8) is 0 Å². The average Bonchev–Trinajstić information content (AvgIpc) is 2.70. The van der Waals surface area contributed by atoms with Crippen LogP contribution >= 0.6 is 23.3 Å². The molecule has 2 aromatic rings. The van der Waals surface area contributed by atoms with Crippen LogP contribution in [0.3, 0.4) is 0 Å². The summed E-state index contributed by atoms with van der Waals surface area (Å²) in [7, 11) is 2.14. The zero-order chi connectivity index (χ0) is 12.5. The maximum atomic E-state index is 4.64. The lowest BCUT2D eigenvalue weighted by molar-refractivity contribution is 0.279. The number of fused-ring (bicyclic) bond motifs is 1. The molecular weight excluding hydrogens is 248 g/mol. The van der Waals surface area contributed by atoms with Gasteiger partial charge in [0.2, 0.25) is 0 Å². The fraction of sp³-hybridized carbons (Fsp3) is 0.462. The second kappa shape index (κ2) is 4.96. The van der Waals surface area contributed by atoms with Crippen LogP contribution in [0.5, 0.6) is 0 Å². The van der Waals surface area contributed by atoms with Gasteiger partial charge in [-0.2, -0.15) is 0 Å². The molecule has 4 heteroatoms. The van der Waals surface area contributed by atoms with E-state index in [0.717, 1.165) is 16.3 Å².